The average molecular weight is 375 g/mol. The standard InChI is InChI=1S/C18H27N6O3/c1-12(2)24-13(3)11-23-14-15(19-17(23)24)20(4)18(26)22(16(14)25)6-5-21-7-9-27-10-8-21/h11-12,14H,5-10H2,1-4H3/q+1. The number of imidazole rings is 1. The maximum Gasteiger partial charge on any atom is 0.402 e. The summed E-state index contributed by atoms with van der Waals surface area (Å²) < 4.78 is 9.35. The number of amides is 3. The number of hydrogen-bond acceptors (Lipinski definition) is 5. The number of aromatic nitrogens is 2. The number of nitrogens with zero attached hydrogens (tertiary/aromatic N) is 6. The SMILES string of the molecule is Cc1c[n+]2c(n1C(C)C)N=C1C2C(=O)N(CCN2CCOCC2)C(=O)N1C. The average Bonchev–Trinajstić information content (AvgIpc) is 3.15. The minimum Gasteiger partial charge on any atom is -0.379 e. The zero-order chi connectivity index (χ0) is 19.3. The highest BCUT2D eigenvalue weighted by molar-refractivity contribution is 6.19. The summed E-state index contributed by atoms with van der Waals surface area (Å²) in [5, 5.41) is 0. The maximum atomic E-state index is 13.2. The molecule has 0 aliphatic carbocycles. The van der Waals surface area contributed by atoms with Crippen LogP contribution in [0.25, 0.3) is 0 Å². The first-order valence-electron chi connectivity index (χ1n) is 9.51. The number of ether oxygens (including phenoxy) is 1. The summed E-state index contributed by atoms with van der Waals surface area (Å²) in [6.07, 6.45) is 1.96. The minimum atomic E-state index is -0.564. The quantitative estimate of drug-likeness (QED) is 0.718. The number of rotatable bonds is 4. The molecule has 1 aromatic rings. The normalized spacial score (nSPS) is 23.1. The molecule has 4 heterocycles. The lowest BCUT2D eigenvalue weighted by molar-refractivity contribution is -0.677. The van der Waals surface area contributed by atoms with Crippen LogP contribution in [-0.4, -0.2) is 83.5 Å². The summed E-state index contributed by atoms with van der Waals surface area (Å²) in [6, 6.07) is -0.646. The third kappa shape index (κ3) is 2.85. The number of imide groups is 1. The second-order valence-electron chi connectivity index (χ2n) is 7.60. The molecule has 3 amide bonds. The molecule has 1 atom stereocenters. The summed E-state index contributed by atoms with van der Waals surface area (Å²) in [5.41, 5.74) is 1.05. The van der Waals surface area contributed by atoms with Gasteiger partial charge in [0.25, 0.3) is 5.91 Å². The number of urea groups is 1. The molecule has 0 N–H and O–H groups in total. The Hall–Kier alpha value is -2.26. The molecule has 2 fully saturated rings. The van der Waals surface area contributed by atoms with Gasteiger partial charge < -0.3 is 4.74 Å². The molecular formula is C18H27N6O3+. The molecule has 0 spiro atoms. The summed E-state index contributed by atoms with van der Waals surface area (Å²) in [6.45, 7) is 10.3. The van der Waals surface area contributed by atoms with Crippen molar-refractivity contribution < 1.29 is 18.9 Å². The monoisotopic (exact) mass is 375 g/mol. The van der Waals surface area contributed by atoms with Gasteiger partial charge in [-0.3, -0.25) is 19.5 Å². The van der Waals surface area contributed by atoms with E-state index in [9.17, 15) is 9.59 Å². The minimum absolute atomic E-state index is 0.199. The van der Waals surface area contributed by atoms with Crippen LogP contribution < -0.4 is 4.57 Å². The first kappa shape index (κ1) is 18.1. The molecule has 9 nitrogen and oxygen atoms in total. The van der Waals surface area contributed by atoms with E-state index in [1.165, 1.54) is 9.80 Å². The Morgan fingerprint density at radius 3 is 2.63 bits per heavy atom. The second-order valence-corrected chi connectivity index (χ2v) is 7.60. The van der Waals surface area contributed by atoms with Crippen LogP contribution in [0.2, 0.25) is 0 Å². The van der Waals surface area contributed by atoms with Crippen LogP contribution in [0.15, 0.2) is 11.2 Å². The fourth-order valence-corrected chi connectivity index (χ4v) is 4.11. The third-order valence-corrected chi connectivity index (χ3v) is 5.51. The molecule has 3 aliphatic heterocycles. The van der Waals surface area contributed by atoms with Crippen molar-refractivity contribution in [3.63, 3.8) is 0 Å². The number of morpholine rings is 1. The molecule has 1 unspecified atom stereocenters. The number of carbonyl (C=O) groups excluding carboxylic acids is 2. The van der Waals surface area contributed by atoms with Crippen molar-refractivity contribution in [1.29, 1.82) is 0 Å². The van der Waals surface area contributed by atoms with Crippen molar-refractivity contribution in [3.05, 3.63) is 11.9 Å². The first-order chi connectivity index (χ1) is 12.9. The Morgan fingerprint density at radius 1 is 1.26 bits per heavy atom. The molecule has 3 aliphatic rings. The first-order valence-corrected chi connectivity index (χ1v) is 9.51. The van der Waals surface area contributed by atoms with Crippen LogP contribution in [0.1, 0.15) is 31.6 Å². The Morgan fingerprint density at radius 2 is 1.96 bits per heavy atom. The number of likely N-dealkylation sites (N-methyl/N-ethyl adjacent to an activating group) is 1. The zero-order valence-electron chi connectivity index (χ0n) is 16.4. The van der Waals surface area contributed by atoms with E-state index in [1.807, 2.05) is 17.7 Å². The lowest BCUT2D eigenvalue weighted by Gasteiger charge is -2.35. The van der Waals surface area contributed by atoms with Crippen LogP contribution in [-0.2, 0) is 9.53 Å². The Labute approximate surface area is 158 Å². The van der Waals surface area contributed by atoms with E-state index < -0.39 is 6.04 Å². The second kappa shape index (κ2) is 6.72. The van der Waals surface area contributed by atoms with E-state index in [0.717, 1.165) is 24.7 Å². The Balaban J connectivity index is 1.60. The van der Waals surface area contributed by atoms with Crippen molar-refractivity contribution in [2.24, 2.45) is 4.99 Å². The van der Waals surface area contributed by atoms with Gasteiger partial charge in [-0.25, -0.2) is 13.9 Å². The number of hydrogen-bond donors (Lipinski definition) is 0. The lowest BCUT2D eigenvalue weighted by atomic mass is 10.1. The fraction of sp³-hybridized carbons (Fsp3) is 0.667. The molecule has 0 bridgehead atoms. The fourth-order valence-electron chi connectivity index (χ4n) is 4.11. The number of aryl methyl sites for hydroxylation is 1. The molecule has 0 aromatic carbocycles. The topological polar surface area (TPSA) is 74.3 Å². The van der Waals surface area contributed by atoms with Crippen LogP contribution in [0.4, 0.5) is 10.7 Å². The number of aliphatic imine (C=N–C) groups is 1. The van der Waals surface area contributed by atoms with Gasteiger partial charge in [0.15, 0.2) is 0 Å². The summed E-state index contributed by atoms with van der Waals surface area (Å²) in [7, 11) is 1.70. The smallest absolute Gasteiger partial charge is 0.379 e. The van der Waals surface area contributed by atoms with Gasteiger partial charge in [0.1, 0.15) is 11.9 Å². The van der Waals surface area contributed by atoms with Gasteiger partial charge in [0.05, 0.1) is 19.3 Å². The zero-order valence-corrected chi connectivity index (χ0v) is 16.4. The predicted octanol–water partition coefficient (Wildman–Crippen LogP) is 0.476. The predicted molar refractivity (Wildman–Crippen MR) is 98.0 cm³/mol. The van der Waals surface area contributed by atoms with Gasteiger partial charge in [-0.1, -0.05) is 4.99 Å². The summed E-state index contributed by atoms with van der Waals surface area (Å²) >= 11 is 0. The molecule has 27 heavy (non-hydrogen) atoms. The molecule has 0 radical (unpaired) electrons. The Bertz CT molecular complexity index is 808. The van der Waals surface area contributed by atoms with Crippen LogP contribution >= 0.6 is 0 Å². The highest BCUT2D eigenvalue weighted by Gasteiger charge is 2.53. The number of amidine groups is 1. The molecule has 2 saturated heterocycles. The van der Waals surface area contributed by atoms with Crippen molar-refractivity contribution in [2.45, 2.75) is 32.9 Å². The van der Waals surface area contributed by atoms with Gasteiger partial charge in [0.2, 0.25) is 11.9 Å². The van der Waals surface area contributed by atoms with Crippen molar-refractivity contribution in [1.82, 2.24) is 19.3 Å². The summed E-state index contributed by atoms with van der Waals surface area (Å²) in [5.74, 6) is 1.04. The highest BCUT2D eigenvalue weighted by atomic mass is 16.5. The largest absolute Gasteiger partial charge is 0.402 e. The molecular weight excluding hydrogens is 348 g/mol. The lowest BCUT2D eigenvalue weighted by Crippen LogP contribution is -2.63. The van der Waals surface area contributed by atoms with E-state index in [1.54, 1.807) is 7.05 Å². The van der Waals surface area contributed by atoms with Crippen LogP contribution in [0.5, 0.6) is 0 Å². The van der Waals surface area contributed by atoms with E-state index in [4.69, 9.17) is 4.74 Å². The van der Waals surface area contributed by atoms with Crippen LogP contribution in [0, 0.1) is 6.92 Å². The molecule has 146 valence electrons. The summed E-state index contributed by atoms with van der Waals surface area (Å²) in [4.78, 5) is 35.8. The van der Waals surface area contributed by atoms with Gasteiger partial charge >= 0.3 is 12.0 Å². The molecule has 0 saturated carbocycles. The van der Waals surface area contributed by atoms with Gasteiger partial charge in [-0.15, -0.1) is 0 Å². The Kier molecular flexibility index (Phi) is 4.51. The van der Waals surface area contributed by atoms with Gasteiger partial charge in [-0.05, 0) is 20.8 Å². The number of carbonyl (C=O) groups is 2. The molecule has 4 rings (SSSR count). The number of fused-ring (bicyclic) bond motifs is 3. The third-order valence-electron chi connectivity index (χ3n) is 5.51. The van der Waals surface area contributed by atoms with Gasteiger partial charge in [0, 0.05) is 33.2 Å². The van der Waals surface area contributed by atoms with Crippen molar-refractivity contribution >= 4 is 23.7 Å². The molecule has 9 heteroatoms. The van der Waals surface area contributed by atoms with E-state index >= 15 is 0 Å². The van der Waals surface area contributed by atoms with E-state index in [-0.39, 0.29) is 18.0 Å². The van der Waals surface area contributed by atoms with Crippen molar-refractivity contribution in [3.8, 4) is 0 Å². The van der Waals surface area contributed by atoms with Crippen molar-refractivity contribution in [2.75, 3.05) is 46.4 Å². The highest BCUT2D eigenvalue weighted by Crippen LogP contribution is 2.30. The maximum absolute atomic E-state index is 13.2. The van der Waals surface area contributed by atoms with Crippen LogP contribution in [0.3, 0.4) is 0 Å². The van der Waals surface area contributed by atoms with E-state index in [0.29, 0.717) is 32.1 Å². The van der Waals surface area contributed by atoms with Gasteiger partial charge in [-0.2, -0.15) is 0 Å². The molecule has 1 aromatic heterocycles. The van der Waals surface area contributed by atoms with E-state index in [2.05, 4.69) is 28.3 Å².